The molecule has 2 aliphatic heterocycles. The van der Waals surface area contributed by atoms with Crippen LogP contribution < -0.4 is 14.2 Å². The highest BCUT2D eigenvalue weighted by molar-refractivity contribution is 5.86. The Hall–Kier alpha value is -3.76. The van der Waals surface area contributed by atoms with Crippen molar-refractivity contribution in [3.8, 4) is 17.2 Å². The SMILES string of the molecule is COC(=O)[C@@H]1[C@@H]2C[C@@H]3c4[nH]c5cc(OC)ccc5c4CCN3C[C@@H]2C[C@H](OC(=O)COc2ccc(OC)cc2)[C@H]1OC. The van der Waals surface area contributed by atoms with Gasteiger partial charge in [0.2, 0.25) is 0 Å². The molecule has 0 amide bonds. The van der Waals surface area contributed by atoms with Gasteiger partial charge in [0.15, 0.2) is 6.61 Å². The van der Waals surface area contributed by atoms with E-state index < -0.39 is 24.1 Å². The van der Waals surface area contributed by atoms with E-state index in [0.717, 1.165) is 37.2 Å². The second-order valence-electron chi connectivity index (χ2n) is 11.3. The molecule has 10 heteroatoms. The molecule has 2 aromatic carbocycles. The number of ether oxygens (including phenoxy) is 6. The van der Waals surface area contributed by atoms with Crippen molar-refractivity contribution >= 4 is 22.8 Å². The Balaban J connectivity index is 1.21. The average molecular weight is 579 g/mol. The maximum atomic E-state index is 13.3. The first-order chi connectivity index (χ1) is 20.4. The molecular formula is C32H38N2O8. The number of rotatable bonds is 8. The molecule has 42 heavy (non-hydrogen) atoms. The number of piperidine rings is 1. The summed E-state index contributed by atoms with van der Waals surface area (Å²) in [5.41, 5.74) is 3.62. The van der Waals surface area contributed by atoms with Gasteiger partial charge in [-0.3, -0.25) is 9.69 Å². The monoisotopic (exact) mass is 578 g/mol. The Morgan fingerprint density at radius 2 is 1.69 bits per heavy atom. The second-order valence-corrected chi connectivity index (χ2v) is 11.3. The zero-order valence-corrected chi connectivity index (χ0v) is 24.5. The number of H-pyrrole nitrogens is 1. The van der Waals surface area contributed by atoms with E-state index in [1.807, 2.05) is 12.1 Å². The number of hydrogen-bond acceptors (Lipinski definition) is 9. The van der Waals surface area contributed by atoms with Gasteiger partial charge in [0, 0.05) is 42.9 Å². The third kappa shape index (κ3) is 5.18. The Morgan fingerprint density at radius 1 is 0.952 bits per heavy atom. The van der Waals surface area contributed by atoms with Crippen LogP contribution in [0.5, 0.6) is 17.2 Å². The molecule has 1 saturated carbocycles. The van der Waals surface area contributed by atoms with Crippen LogP contribution in [0.4, 0.5) is 0 Å². The number of carbonyl (C=O) groups excluding carboxylic acids is 2. The molecule has 1 saturated heterocycles. The quantitative estimate of drug-likeness (QED) is 0.398. The van der Waals surface area contributed by atoms with E-state index in [2.05, 4.69) is 16.0 Å². The molecule has 0 bridgehead atoms. The number of aromatic nitrogens is 1. The van der Waals surface area contributed by atoms with E-state index in [0.29, 0.717) is 17.9 Å². The van der Waals surface area contributed by atoms with Crippen molar-refractivity contribution < 1.29 is 38.0 Å². The van der Waals surface area contributed by atoms with E-state index in [1.165, 1.54) is 23.8 Å². The summed E-state index contributed by atoms with van der Waals surface area (Å²) < 4.78 is 33.4. The number of nitrogens with zero attached hydrogens (tertiary/aromatic N) is 1. The lowest BCUT2D eigenvalue weighted by Crippen LogP contribution is -2.58. The van der Waals surface area contributed by atoms with Crippen molar-refractivity contribution in [3.63, 3.8) is 0 Å². The molecule has 6 rings (SSSR count). The minimum atomic E-state index is -0.620. The number of methoxy groups -OCH3 is 4. The van der Waals surface area contributed by atoms with Crippen LogP contribution in [-0.2, 0) is 30.2 Å². The van der Waals surface area contributed by atoms with Crippen LogP contribution >= 0.6 is 0 Å². The summed E-state index contributed by atoms with van der Waals surface area (Å²) in [5.74, 6) is 0.800. The van der Waals surface area contributed by atoms with Gasteiger partial charge in [-0.05, 0) is 73.1 Å². The van der Waals surface area contributed by atoms with Gasteiger partial charge >= 0.3 is 11.9 Å². The van der Waals surface area contributed by atoms with Gasteiger partial charge in [0.1, 0.15) is 29.5 Å². The number of aromatic amines is 1. The zero-order chi connectivity index (χ0) is 29.4. The fourth-order valence-corrected chi connectivity index (χ4v) is 7.37. The van der Waals surface area contributed by atoms with Crippen LogP contribution in [0, 0.1) is 17.8 Å². The standard InChI is InChI=1S/C32H38N2O8/c1-37-19-5-7-20(8-6-19)41-17-28(35)42-27-13-18-16-34-12-11-23-22-10-9-21(38-2)14-25(22)33-30(23)26(34)15-24(18)29(31(27)39-3)32(36)40-4/h5-10,14,18,24,26-27,29,31,33H,11-13,15-17H2,1-4H3/t18-,24+,26+,27-,29+,31+/m0/s1. The Labute approximate surface area is 245 Å². The van der Waals surface area contributed by atoms with Crippen LogP contribution in [0.3, 0.4) is 0 Å². The highest BCUT2D eigenvalue weighted by Gasteiger charge is 2.54. The van der Waals surface area contributed by atoms with E-state index in [-0.39, 0.29) is 30.5 Å². The molecule has 1 N–H and O–H groups in total. The fraction of sp³-hybridized carbons (Fsp3) is 0.500. The minimum Gasteiger partial charge on any atom is -0.497 e. The first kappa shape index (κ1) is 28.4. The average Bonchev–Trinajstić information content (AvgIpc) is 3.40. The molecule has 10 nitrogen and oxygen atoms in total. The number of carbonyl (C=O) groups is 2. The molecule has 3 heterocycles. The molecule has 3 aromatic rings. The number of esters is 2. The van der Waals surface area contributed by atoms with Gasteiger partial charge in [0.25, 0.3) is 0 Å². The molecule has 6 atom stereocenters. The van der Waals surface area contributed by atoms with E-state index >= 15 is 0 Å². The van der Waals surface area contributed by atoms with Gasteiger partial charge in [-0.25, -0.2) is 4.79 Å². The fourth-order valence-electron chi connectivity index (χ4n) is 7.37. The molecule has 224 valence electrons. The summed E-state index contributed by atoms with van der Waals surface area (Å²) in [6.07, 6.45) is 1.11. The lowest BCUT2D eigenvalue weighted by molar-refractivity contribution is -0.190. The van der Waals surface area contributed by atoms with Crippen LogP contribution in [0.25, 0.3) is 10.9 Å². The van der Waals surface area contributed by atoms with E-state index in [1.54, 1.807) is 45.6 Å². The lowest BCUT2D eigenvalue weighted by Gasteiger charge is -2.52. The van der Waals surface area contributed by atoms with Gasteiger partial charge in [-0.1, -0.05) is 0 Å². The lowest BCUT2D eigenvalue weighted by atomic mass is 9.64. The molecule has 0 radical (unpaired) electrons. The number of fused-ring (bicyclic) bond motifs is 6. The molecule has 0 spiro atoms. The molecule has 2 fully saturated rings. The zero-order valence-electron chi connectivity index (χ0n) is 24.5. The van der Waals surface area contributed by atoms with Crippen LogP contribution in [0.2, 0.25) is 0 Å². The highest BCUT2D eigenvalue weighted by atomic mass is 16.6. The molecule has 1 aromatic heterocycles. The summed E-state index contributed by atoms with van der Waals surface area (Å²) in [6.45, 7) is 1.48. The topological polar surface area (TPSA) is 109 Å². The minimum absolute atomic E-state index is 0.0149. The summed E-state index contributed by atoms with van der Waals surface area (Å²) in [6, 6.07) is 13.3. The third-order valence-electron chi connectivity index (χ3n) is 9.30. The smallest absolute Gasteiger partial charge is 0.344 e. The normalized spacial score (nSPS) is 26.9. The summed E-state index contributed by atoms with van der Waals surface area (Å²) in [5, 5.41) is 1.22. The summed E-state index contributed by atoms with van der Waals surface area (Å²) in [7, 11) is 6.23. The van der Waals surface area contributed by atoms with Crippen LogP contribution in [-0.4, -0.2) is 82.2 Å². The van der Waals surface area contributed by atoms with Gasteiger partial charge in [-0.15, -0.1) is 0 Å². The van der Waals surface area contributed by atoms with Crippen molar-refractivity contribution in [2.45, 2.75) is 37.5 Å². The molecule has 3 aliphatic rings. The van der Waals surface area contributed by atoms with Gasteiger partial charge in [-0.2, -0.15) is 0 Å². The van der Waals surface area contributed by atoms with Crippen molar-refractivity contribution in [2.24, 2.45) is 17.8 Å². The predicted molar refractivity (Wildman–Crippen MR) is 154 cm³/mol. The molecular weight excluding hydrogens is 540 g/mol. The van der Waals surface area contributed by atoms with Gasteiger partial charge < -0.3 is 33.4 Å². The first-order valence-electron chi connectivity index (χ1n) is 14.4. The van der Waals surface area contributed by atoms with Crippen molar-refractivity contribution in [1.29, 1.82) is 0 Å². The number of benzene rings is 2. The Morgan fingerprint density at radius 3 is 2.40 bits per heavy atom. The third-order valence-corrected chi connectivity index (χ3v) is 9.30. The van der Waals surface area contributed by atoms with Crippen molar-refractivity contribution in [3.05, 3.63) is 53.7 Å². The molecule has 0 unspecified atom stereocenters. The summed E-state index contributed by atoms with van der Waals surface area (Å²) >= 11 is 0. The second kappa shape index (κ2) is 11.9. The maximum absolute atomic E-state index is 13.3. The molecule has 1 aliphatic carbocycles. The predicted octanol–water partition coefficient (Wildman–Crippen LogP) is 3.92. The highest BCUT2D eigenvalue weighted by Crippen LogP contribution is 2.50. The summed E-state index contributed by atoms with van der Waals surface area (Å²) in [4.78, 5) is 32.4. The Bertz CT molecular complexity index is 1440. The number of hydrogen-bond donors (Lipinski definition) is 1. The van der Waals surface area contributed by atoms with Crippen LogP contribution in [0.15, 0.2) is 42.5 Å². The first-order valence-corrected chi connectivity index (χ1v) is 14.4. The maximum Gasteiger partial charge on any atom is 0.344 e. The van der Waals surface area contributed by atoms with Crippen molar-refractivity contribution in [1.82, 2.24) is 9.88 Å². The number of nitrogens with one attached hydrogen (secondary N) is 1. The van der Waals surface area contributed by atoms with Gasteiger partial charge in [0.05, 0.1) is 33.3 Å². The largest absolute Gasteiger partial charge is 0.497 e. The Kier molecular flexibility index (Phi) is 8.00. The van der Waals surface area contributed by atoms with Crippen LogP contribution in [0.1, 0.15) is 30.1 Å². The van der Waals surface area contributed by atoms with E-state index in [9.17, 15) is 9.59 Å². The van der Waals surface area contributed by atoms with Crippen molar-refractivity contribution in [2.75, 3.05) is 48.1 Å². The van der Waals surface area contributed by atoms with E-state index in [4.69, 9.17) is 28.4 Å².